The fourth-order valence-corrected chi connectivity index (χ4v) is 5.43. The quantitative estimate of drug-likeness (QED) is 0.512. The van der Waals surface area contributed by atoms with Gasteiger partial charge in [0.05, 0.1) is 9.79 Å². The molecule has 7 heteroatoms. The lowest BCUT2D eigenvalue weighted by atomic mass is 10.0. The van der Waals surface area contributed by atoms with Crippen LogP contribution in [0.4, 0.5) is 0 Å². The minimum Gasteiger partial charge on any atom is -0.345 e. The van der Waals surface area contributed by atoms with Crippen LogP contribution in [0.2, 0.25) is 0 Å². The zero-order chi connectivity index (χ0) is 17.0. The van der Waals surface area contributed by atoms with Gasteiger partial charge in [0.2, 0.25) is 9.84 Å². The summed E-state index contributed by atoms with van der Waals surface area (Å²) in [5.41, 5.74) is 2.53. The van der Waals surface area contributed by atoms with E-state index in [2.05, 4.69) is 19.9 Å². The third-order valence-corrected chi connectivity index (χ3v) is 6.32. The molecular formula is C18H12N4O2S. The molecule has 0 unspecified atom stereocenters. The summed E-state index contributed by atoms with van der Waals surface area (Å²) in [5.74, 6) is 1.07. The van der Waals surface area contributed by atoms with Gasteiger partial charge in [-0.3, -0.25) is 0 Å². The molecule has 2 aromatic carbocycles. The molecule has 0 bridgehead atoms. The van der Waals surface area contributed by atoms with Crippen LogP contribution in [0.15, 0.2) is 71.0 Å². The van der Waals surface area contributed by atoms with Crippen molar-refractivity contribution in [1.82, 2.24) is 19.9 Å². The van der Waals surface area contributed by atoms with Gasteiger partial charge in [-0.2, -0.15) is 0 Å². The standard InChI is InChI=1S/C18H12N4O2S/c23-25(24)15-11(3-1-5-13(15)17-19-7-8-20-17)12-4-2-6-14(16(12)25)18-21-9-10-22-18/h1-10H,(H,19,20)(H,21,22). The first kappa shape index (κ1) is 14.2. The molecule has 0 atom stereocenters. The summed E-state index contributed by atoms with van der Waals surface area (Å²) in [6.07, 6.45) is 6.57. The monoisotopic (exact) mass is 348 g/mol. The topological polar surface area (TPSA) is 91.5 Å². The molecule has 2 N–H and O–H groups in total. The highest BCUT2D eigenvalue weighted by Crippen LogP contribution is 2.49. The number of H-pyrrole nitrogens is 2. The normalized spacial score (nSPS) is 14.2. The van der Waals surface area contributed by atoms with Gasteiger partial charge in [-0.1, -0.05) is 24.3 Å². The summed E-state index contributed by atoms with van der Waals surface area (Å²) in [6.45, 7) is 0. The van der Waals surface area contributed by atoms with Crippen molar-refractivity contribution < 1.29 is 8.42 Å². The number of benzene rings is 2. The highest BCUT2D eigenvalue weighted by Gasteiger charge is 2.38. The molecule has 0 fully saturated rings. The summed E-state index contributed by atoms with van der Waals surface area (Å²) >= 11 is 0. The van der Waals surface area contributed by atoms with Crippen LogP contribution in [0.3, 0.4) is 0 Å². The number of imidazole rings is 2. The van der Waals surface area contributed by atoms with Crippen LogP contribution in [-0.2, 0) is 9.84 Å². The van der Waals surface area contributed by atoms with E-state index in [1.165, 1.54) is 0 Å². The first-order chi connectivity index (χ1) is 12.2. The molecule has 0 spiro atoms. The van der Waals surface area contributed by atoms with Crippen molar-refractivity contribution >= 4 is 9.84 Å². The molecule has 4 aromatic rings. The molecule has 0 saturated carbocycles. The third kappa shape index (κ3) is 1.87. The third-order valence-electron chi connectivity index (χ3n) is 4.36. The Morgan fingerprint density at radius 1 is 0.680 bits per heavy atom. The van der Waals surface area contributed by atoms with Crippen molar-refractivity contribution in [2.75, 3.05) is 0 Å². The molecule has 0 amide bonds. The predicted octanol–water partition coefficient (Wildman–Crippen LogP) is 3.28. The van der Waals surface area contributed by atoms with Crippen LogP contribution in [0.1, 0.15) is 0 Å². The second kappa shape index (κ2) is 4.90. The molecule has 0 saturated heterocycles. The van der Waals surface area contributed by atoms with Gasteiger partial charge in [0, 0.05) is 47.0 Å². The Balaban J connectivity index is 1.87. The molecule has 2 aromatic heterocycles. The Kier molecular flexibility index (Phi) is 2.78. The molecule has 0 radical (unpaired) electrons. The van der Waals surface area contributed by atoms with E-state index in [0.29, 0.717) is 43.7 Å². The van der Waals surface area contributed by atoms with Crippen LogP contribution in [-0.4, -0.2) is 28.4 Å². The zero-order valence-corrected chi connectivity index (χ0v) is 13.7. The minimum absolute atomic E-state index is 0.291. The predicted molar refractivity (Wildman–Crippen MR) is 92.5 cm³/mol. The first-order valence-corrected chi connectivity index (χ1v) is 9.17. The van der Waals surface area contributed by atoms with E-state index in [0.717, 1.165) is 0 Å². The van der Waals surface area contributed by atoms with E-state index in [-0.39, 0.29) is 0 Å². The fraction of sp³-hybridized carbons (Fsp3) is 0. The fourth-order valence-electron chi connectivity index (χ4n) is 3.38. The molecule has 6 nitrogen and oxygen atoms in total. The van der Waals surface area contributed by atoms with Gasteiger partial charge in [-0.25, -0.2) is 18.4 Å². The number of sulfone groups is 1. The van der Waals surface area contributed by atoms with E-state index in [4.69, 9.17) is 0 Å². The Morgan fingerprint density at radius 2 is 1.12 bits per heavy atom. The largest absolute Gasteiger partial charge is 0.345 e. The lowest BCUT2D eigenvalue weighted by Gasteiger charge is -2.06. The number of hydrogen-bond acceptors (Lipinski definition) is 4. The molecule has 0 aliphatic carbocycles. The van der Waals surface area contributed by atoms with Gasteiger partial charge in [-0.15, -0.1) is 0 Å². The van der Waals surface area contributed by atoms with Crippen molar-refractivity contribution in [3.05, 3.63) is 61.2 Å². The van der Waals surface area contributed by atoms with Gasteiger partial charge < -0.3 is 9.97 Å². The lowest BCUT2D eigenvalue weighted by Crippen LogP contribution is -2.02. The van der Waals surface area contributed by atoms with Gasteiger partial charge in [0.1, 0.15) is 11.6 Å². The first-order valence-electron chi connectivity index (χ1n) is 7.69. The van der Waals surface area contributed by atoms with Gasteiger partial charge >= 0.3 is 0 Å². The van der Waals surface area contributed by atoms with E-state index in [1.54, 1.807) is 36.9 Å². The molecule has 1 aliphatic heterocycles. The van der Waals surface area contributed by atoms with Crippen molar-refractivity contribution in [2.45, 2.75) is 9.79 Å². The molecule has 122 valence electrons. The number of aromatic amines is 2. The zero-order valence-electron chi connectivity index (χ0n) is 12.9. The maximum absolute atomic E-state index is 13.4. The Bertz CT molecular complexity index is 1100. The van der Waals surface area contributed by atoms with Crippen LogP contribution >= 0.6 is 0 Å². The maximum atomic E-state index is 13.4. The van der Waals surface area contributed by atoms with Gasteiger partial charge in [0.15, 0.2) is 0 Å². The van der Waals surface area contributed by atoms with Crippen LogP contribution < -0.4 is 0 Å². The molecule has 25 heavy (non-hydrogen) atoms. The smallest absolute Gasteiger partial charge is 0.209 e. The van der Waals surface area contributed by atoms with Crippen molar-refractivity contribution in [3.8, 4) is 33.9 Å². The molecule has 3 heterocycles. The SMILES string of the molecule is O=S1(=O)c2c(-c3ncc[nH]3)cccc2-c2cccc(-c3ncc[nH]3)c21. The van der Waals surface area contributed by atoms with E-state index >= 15 is 0 Å². The number of aromatic nitrogens is 4. The summed E-state index contributed by atoms with van der Waals surface area (Å²) in [7, 11) is -3.70. The Labute approximate surface area is 143 Å². The second-order valence-corrected chi connectivity index (χ2v) is 7.57. The summed E-state index contributed by atoms with van der Waals surface area (Å²) in [4.78, 5) is 15.0. The van der Waals surface area contributed by atoms with Gasteiger partial charge in [-0.05, 0) is 12.1 Å². The Morgan fingerprint density at radius 3 is 1.52 bits per heavy atom. The Hall–Kier alpha value is -3.19. The minimum atomic E-state index is -3.70. The number of nitrogens with one attached hydrogen (secondary N) is 2. The van der Waals surface area contributed by atoms with Crippen LogP contribution in [0.25, 0.3) is 33.9 Å². The maximum Gasteiger partial charge on any atom is 0.209 e. The number of rotatable bonds is 2. The molecular weight excluding hydrogens is 336 g/mol. The van der Waals surface area contributed by atoms with E-state index < -0.39 is 9.84 Å². The van der Waals surface area contributed by atoms with Crippen molar-refractivity contribution in [3.63, 3.8) is 0 Å². The number of nitrogens with zero attached hydrogens (tertiary/aromatic N) is 2. The summed E-state index contributed by atoms with van der Waals surface area (Å²) in [6, 6.07) is 10.9. The highest BCUT2D eigenvalue weighted by atomic mass is 32.2. The van der Waals surface area contributed by atoms with Crippen LogP contribution in [0, 0.1) is 0 Å². The van der Waals surface area contributed by atoms with E-state index in [9.17, 15) is 8.42 Å². The average molecular weight is 348 g/mol. The second-order valence-electron chi connectivity index (χ2n) is 5.74. The van der Waals surface area contributed by atoms with Crippen LogP contribution in [0.5, 0.6) is 0 Å². The number of hydrogen-bond donors (Lipinski definition) is 2. The highest BCUT2D eigenvalue weighted by molar-refractivity contribution is 7.92. The van der Waals surface area contributed by atoms with Crippen molar-refractivity contribution in [1.29, 1.82) is 0 Å². The number of fused-ring (bicyclic) bond motifs is 3. The summed E-state index contributed by atoms with van der Waals surface area (Å²) in [5, 5.41) is 0. The molecule has 1 aliphatic rings. The average Bonchev–Trinajstić information content (AvgIpc) is 3.36. The van der Waals surface area contributed by atoms with E-state index in [1.807, 2.05) is 24.3 Å². The van der Waals surface area contributed by atoms with Gasteiger partial charge in [0.25, 0.3) is 0 Å². The lowest BCUT2D eigenvalue weighted by molar-refractivity contribution is 0.599. The summed E-state index contributed by atoms with van der Waals surface area (Å²) < 4.78 is 26.8. The molecule has 5 rings (SSSR count). The van der Waals surface area contributed by atoms with Crippen molar-refractivity contribution in [2.24, 2.45) is 0 Å².